The lowest BCUT2D eigenvalue weighted by Crippen LogP contribution is -2.54. The Bertz CT molecular complexity index is 1500. The first-order valence-corrected chi connectivity index (χ1v) is 14.9. The minimum absolute atomic E-state index is 0.0301. The maximum Gasteiger partial charge on any atom is 0.254 e. The van der Waals surface area contributed by atoms with E-state index in [1.54, 1.807) is 12.3 Å². The number of ketones is 1. The fraction of sp³-hybridized carbons (Fsp3) is 0.412. The molecule has 8 nitrogen and oxygen atoms in total. The van der Waals surface area contributed by atoms with Crippen LogP contribution < -0.4 is 15.1 Å². The van der Waals surface area contributed by atoms with Crippen molar-refractivity contribution in [1.82, 2.24) is 9.88 Å². The Morgan fingerprint density at radius 2 is 1.76 bits per heavy atom. The van der Waals surface area contributed by atoms with E-state index in [0.717, 1.165) is 54.0 Å². The number of carbonyl (C=O) groups is 2. The van der Waals surface area contributed by atoms with Crippen molar-refractivity contribution >= 4 is 34.6 Å². The summed E-state index contributed by atoms with van der Waals surface area (Å²) in [7, 11) is 0. The summed E-state index contributed by atoms with van der Waals surface area (Å²) in [5.74, 6) is 0.835. The first-order chi connectivity index (χ1) is 20.3. The van der Waals surface area contributed by atoms with Crippen LogP contribution in [0.4, 0.5) is 22.9 Å². The number of carbonyl (C=O) groups excluding carboxylic acids is 2. The zero-order valence-corrected chi connectivity index (χ0v) is 25.1. The zero-order valence-electron chi connectivity index (χ0n) is 25.1. The summed E-state index contributed by atoms with van der Waals surface area (Å²) < 4.78 is 0. The maximum atomic E-state index is 13.8. The fourth-order valence-corrected chi connectivity index (χ4v) is 6.21. The van der Waals surface area contributed by atoms with Gasteiger partial charge < -0.3 is 20.0 Å². The molecule has 2 fully saturated rings. The third-order valence-electron chi connectivity index (χ3n) is 8.59. The number of rotatable bonds is 7. The van der Waals surface area contributed by atoms with Crippen LogP contribution in [0.25, 0.3) is 4.85 Å². The van der Waals surface area contributed by atoms with E-state index in [4.69, 9.17) is 6.57 Å². The van der Waals surface area contributed by atoms with Gasteiger partial charge in [-0.3, -0.25) is 9.59 Å². The van der Waals surface area contributed by atoms with E-state index < -0.39 is 0 Å². The molecule has 0 unspecified atom stereocenters. The lowest BCUT2D eigenvalue weighted by molar-refractivity contribution is 0.0724. The van der Waals surface area contributed by atoms with E-state index in [1.165, 1.54) is 0 Å². The molecule has 5 rings (SSSR count). The van der Waals surface area contributed by atoms with Crippen LogP contribution in [-0.4, -0.2) is 66.4 Å². The van der Waals surface area contributed by atoms with Gasteiger partial charge in [0.05, 0.1) is 12.1 Å². The molecule has 1 N–H and O–H groups in total. The van der Waals surface area contributed by atoms with Crippen molar-refractivity contribution < 1.29 is 9.59 Å². The van der Waals surface area contributed by atoms with Crippen LogP contribution in [0.2, 0.25) is 0 Å². The molecule has 2 saturated heterocycles. The Morgan fingerprint density at radius 3 is 2.48 bits per heavy atom. The van der Waals surface area contributed by atoms with Gasteiger partial charge in [-0.1, -0.05) is 31.2 Å². The first kappa shape index (κ1) is 29.1. The molecule has 1 atom stereocenters. The molecule has 8 heteroatoms. The van der Waals surface area contributed by atoms with Crippen molar-refractivity contribution in [3.63, 3.8) is 0 Å². The van der Waals surface area contributed by atoms with Crippen LogP contribution in [0.5, 0.6) is 0 Å². The Hall–Kier alpha value is -4.38. The standard InChI is InChI=1S/C34H40N6O2/c1-6-32(41)27-10-9-15-36-33(27)40-19-18-39(22-25(40)4)34(42)28-21-30(24(3)20-23(28)2)37-26-13-16-38(17-14-26)31-12-8-7-11-29(31)35-5/h7-12,15,20-21,25-26,37H,6,13-14,16-19,22H2,1-4H3/t25-/m1/s1. The smallest absolute Gasteiger partial charge is 0.254 e. The third-order valence-corrected chi connectivity index (χ3v) is 8.59. The van der Waals surface area contributed by atoms with Crippen molar-refractivity contribution in [3.05, 3.63) is 88.4 Å². The molecule has 2 aromatic carbocycles. The number of hydrogen-bond acceptors (Lipinski definition) is 6. The number of piperazine rings is 1. The highest BCUT2D eigenvalue weighted by atomic mass is 16.2. The number of aryl methyl sites for hydroxylation is 2. The highest BCUT2D eigenvalue weighted by Crippen LogP contribution is 2.32. The Balaban J connectivity index is 1.25. The fourth-order valence-electron chi connectivity index (χ4n) is 6.21. The van der Waals surface area contributed by atoms with Crippen LogP contribution in [0.1, 0.15) is 65.0 Å². The number of anilines is 3. The second-order valence-electron chi connectivity index (χ2n) is 11.4. The van der Waals surface area contributed by atoms with Gasteiger partial charge in [-0.2, -0.15) is 0 Å². The third kappa shape index (κ3) is 5.96. The highest BCUT2D eigenvalue weighted by molar-refractivity contribution is 6.00. The predicted octanol–water partition coefficient (Wildman–Crippen LogP) is 6.27. The Labute approximate surface area is 249 Å². The molecule has 0 radical (unpaired) electrons. The molecule has 0 aliphatic carbocycles. The lowest BCUT2D eigenvalue weighted by Gasteiger charge is -2.41. The number of amides is 1. The van der Waals surface area contributed by atoms with Crippen LogP contribution in [0, 0.1) is 20.4 Å². The lowest BCUT2D eigenvalue weighted by atomic mass is 9.99. The van der Waals surface area contributed by atoms with Crippen molar-refractivity contribution in [1.29, 1.82) is 0 Å². The minimum Gasteiger partial charge on any atom is -0.382 e. The van der Waals surface area contributed by atoms with Crippen LogP contribution >= 0.6 is 0 Å². The summed E-state index contributed by atoms with van der Waals surface area (Å²) in [5.41, 5.74) is 6.20. The van der Waals surface area contributed by atoms with Crippen molar-refractivity contribution in [2.45, 2.75) is 59.0 Å². The maximum absolute atomic E-state index is 13.8. The van der Waals surface area contributed by atoms with Gasteiger partial charge in [0.2, 0.25) is 5.69 Å². The summed E-state index contributed by atoms with van der Waals surface area (Å²) in [5, 5.41) is 3.73. The molecule has 2 aliphatic heterocycles. The van der Waals surface area contributed by atoms with Crippen molar-refractivity contribution in [2.24, 2.45) is 0 Å². The van der Waals surface area contributed by atoms with E-state index in [0.29, 0.717) is 49.2 Å². The molecule has 3 heterocycles. The molecule has 2 aliphatic rings. The van der Waals surface area contributed by atoms with Gasteiger partial charge in [-0.15, -0.1) is 0 Å². The molecule has 1 aromatic heterocycles. The number of nitrogens with one attached hydrogen (secondary N) is 1. The van der Waals surface area contributed by atoms with Crippen LogP contribution in [-0.2, 0) is 0 Å². The first-order valence-electron chi connectivity index (χ1n) is 14.9. The molecule has 218 valence electrons. The molecular formula is C34H40N6O2. The monoisotopic (exact) mass is 564 g/mol. The zero-order chi connectivity index (χ0) is 29.8. The Kier molecular flexibility index (Phi) is 8.77. The number of nitrogens with zero attached hydrogens (tertiary/aromatic N) is 5. The largest absolute Gasteiger partial charge is 0.382 e. The molecule has 3 aromatic rings. The minimum atomic E-state index is 0.0301. The van der Waals surface area contributed by atoms with Gasteiger partial charge in [0, 0.05) is 74.4 Å². The SMILES string of the molecule is [C-]#[N+]c1ccccc1N1CCC(Nc2cc(C(=O)N3CCN(c4ncccc4C(=O)CC)[C@H](C)C3)c(C)cc2C)CC1. The Morgan fingerprint density at radius 1 is 1.00 bits per heavy atom. The van der Waals surface area contributed by atoms with Crippen LogP contribution in [0.3, 0.4) is 0 Å². The number of Topliss-reactive ketones (excluding diaryl/α,β-unsaturated/α-hetero) is 1. The van der Waals surface area contributed by atoms with Gasteiger partial charge >= 0.3 is 0 Å². The topological polar surface area (TPSA) is 73.1 Å². The average molecular weight is 565 g/mol. The van der Waals surface area contributed by atoms with E-state index >= 15 is 0 Å². The van der Waals surface area contributed by atoms with Gasteiger partial charge in [-0.05, 0) is 69.0 Å². The highest BCUT2D eigenvalue weighted by Gasteiger charge is 2.31. The van der Waals surface area contributed by atoms with E-state index in [2.05, 4.69) is 44.9 Å². The van der Waals surface area contributed by atoms with Crippen molar-refractivity contribution in [2.75, 3.05) is 47.8 Å². The summed E-state index contributed by atoms with van der Waals surface area (Å²) in [4.78, 5) is 41.0. The number of hydrogen-bond donors (Lipinski definition) is 1. The molecule has 0 saturated carbocycles. The summed E-state index contributed by atoms with van der Waals surface area (Å²) in [6.07, 6.45) is 4.08. The number of benzene rings is 2. The van der Waals surface area contributed by atoms with Gasteiger partial charge in [0.1, 0.15) is 5.82 Å². The average Bonchev–Trinajstić information content (AvgIpc) is 3.02. The van der Waals surface area contributed by atoms with E-state index in [1.807, 2.05) is 55.1 Å². The summed E-state index contributed by atoms with van der Waals surface area (Å²) >= 11 is 0. The molecule has 1 amide bonds. The second kappa shape index (κ2) is 12.6. The molecule has 42 heavy (non-hydrogen) atoms. The van der Waals surface area contributed by atoms with Gasteiger partial charge in [0.25, 0.3) is 5.91 Å². The van der Waals surface area contributed by atoms with Crippen LogP contribution in [0.15, 0.2) is 54.7 Å². The number of pyridine rings is 1. The van der Waals surface area contributed by atoms with E-state index in [9.17, 15) is 9.59 Å². The molecule has 0 bridgehead atoms. The molecule has 0 spiro atoms. The second-order valence-corrected chi connectivity index (χ2v) is 11.4. The summed E-state index contributed by atoms with van der Waals surface area (Å²) in [6.45, 7) is 19.1. The number of aromatic nitrogens is 1. The quantitative estimate of drug-likeness (QED) is 0.269. The predicted molar refractivity (Wildman–Crippen MR) is 169 cm³/mol. The normalized spacial score (nSPS) is 17.6. The van der Waals surface area contributed by atoms with Gasteiger partial charge in [-0.25, -0.2) is 9.83 Å². The number of piperidine rings is 1. The van der Waals surface area contributed by atoms with Gasteiger partial charge in [0.15, 0.2) is 5.78 Å². The molecular weight excluding hydrogens is 524 g/mol. The van der Waals surface area contributed by atoms with Crippen molar-refractivity contribution in [3.8, 4) is 0 Å². The van der Waals surface area contributed by atoms with E-state index in [-0.39, 0.29) is 17.7 Å². The number of para-hydroxylation sites is 2. The summed E-state index contributed by atoms with van der Waals surface area (Å²) in [6, 6.07) is 15.9.